The number of methoxy groups -OCH3 is 1. The zero-order chi connectivity index (χ0) is 12.5. The molecule has 0 aliphatic carbocycles. The molecule has 0 saturated carbocycles. The zero-order valence-corrected chi connectivity index (χ0v) is 10.4. The van der Waals surface area contributed by atoms with Crippen molar-refractivity contribution >= 4 is 0 Å². The molecule has 1 aromatic carbocycles. The van der Waals surface area contributed by atoms with Crippen LogP contribution in [0.3, 0.4) is 0 Å². The van der Waals surface area contributed by atoms with E-state index in [-0.39, 0.29) is 11.9 Å². The standard InChI is InChI=1S/C13H20FNO2/c1-11(12-3-5-13(14)6-4-12)15-7-8-17-10-9-16-2/h3-6,11,15H,7-10H2,1-2H3. The molecular formula is C13H20FNO2. The largest absolute Gasteiger partial charge is 0.382 e. The van der Waals surface area contributed by atoms with Crippen LogP contribution in [0, 0.1) is 5.82 Å². The molecule has 0 heterocycles. The van der Waals surface area contributed by atoms with Crippen LogP contribution in [0.1, 0.15) is 18.5 Å². The van der Waals surface area contributed by atoms with Crippen LogP contribution in [0.2, 0.25) is 0 Å². The molecule has 0 aromatic heterocycles. The van der Waals surface area contributed by atoms with Gasteiger partial charge in [0.05, 0.1) is 19.8 Å². The van der Waals surface area contributed by atoms with Gasteiger partial charge in [-0.3, -0.25) is 0 Å². The molecule has 0 fully saturated rings. The highest BCUT2D eigenvalue weighted by Crippen LogP contribution is 2.12. The minimum Gasteiger partial charge on any atom is -0.382 e. The van der Waals surface area contributed by atoms with E-state index in [1.54, 1.807) is 19.2 Å². The molecule has 1 aromatic rings. The fraction of sp³-hybridized carbons (Fsp3) is 0.538. The third kappa shape index (κ3) is 5.77. The number of hydrogen-bond donors (Lipinski definition) is 1. The normalized spacial score (nSPS) is 12.6. The van der Waals surface area contributed by atoms with Crippen molar-refractivity contribution < 1.29 is 13.9 Å². The molecule has 4 heteroatoms. The summed E-state index contributed by atoms with van der Waals surface area (Å²) in [7, 11) is 1.65. The Bertz CT molecular complexity index is 303. The smallest absolute Gasteiger partial charge is 0.123 e. The zero-order valence-electron chi connectivity index (χ0n) is 10.4. The van der Waals surface area contributed by atoms with E-state index in [1.165, 1.54) is 12.1 Å². The van der Waals surface area contributed by atoms with E-state index in [9.17, 15) is 4.39 Å². The number of hydrogen-bond acceptors (Lipinski definition) is 3. The summed E-state index contributed by atoms with van der Waals surface area (Å²) in [5.74, 6) is -0.205. The van der Waals surface area contributed by atoms with E-state index in [2.05, 4.69) is 5.32 Å². The van der Waals surface area contributed by atoms with Crippen LogP contribution in [0.5, 0.6) is 0 Å². The Labute approximate surface area is 102 Å². The number of nitrogens with one attached hydrogen (secondary N) is 1. The third-order valence-corrected chi connectivity index (χ3v) is 2.50. The molecule has 0 radical (unpaired) electrons. The monoisotopic (exact) mass is 241 g/mol. The van der Waals surface area contributed by atoms with E-state index in [4.69, 9.17) is 9.47 Å². The number of rotatable bonds is 8. The van der Waals surface area contributed by atoms with Gasteiger partial charge >= 0.3 is 0 Å². The fourth-order valence-electron chi connectivity index (χ4n) is 1.46. The van der Waals surface area contributed by atoms with Crippen molar-refractivity contribution in [2.45, 2.75) is 13.0 Å². The molecule has 3 nitrogen and oxygen atoms in total. The molecule has 0 aliphatic rings. The van der Waals surface area contributed by atoms with Gasteiger partial charge in [0, 0.05) is 19.7 Å². The lowest BCUT2D eigenvalue weighted by molar-refractivity contribution is 0.0712. The van der Waals surface area contributed by atoms with Crippen LogP contribution < -0.4 is 5.32 Å². The molecule has 1 N–H and O–H groups in total. The lowest BCUT2D eigenvalue weighted by atomic mass is 10.1. The Morgan fingerprint density at radius 1 is 1.18 bits per heavy atom. The van der Waals surface area contributed by atoms with E-state index in [0.717, 1.165) is 12.1 Å². The van der Waals surface area contributed by atoms with Crippen molar-refractivity contribution in [1.82, 2.24) is 5.32 Å². The molecule has 0 aliphatic heterocycles. The summed E-state index contributed by atoms with van der Waals surface area (Å²) in [6.07, 6.45) is 0. The van der Waals surface area contributed by atoms with Gasteiger partial charge in [0.15, 0.2) is 0 Å². The highest BCUT2D eigenvalue weighted by atomic mass is 19.1. The molecule has 96 valence electrons. The van der Waals surface area contributed by atoms with Gasteiger partial charge in [-0.2, -0.15) is 0 Å². The molecule has 0 amide bonds. The summed E-state index contributed by atoms with van der Waals surface area (Å²) in [5, 5.41) is 3.31. The van der Waals surface area contributed by atoms with Crippen molar-refractivity contribution in [3.8, 4) is 0 Å². The average molecular weight is 241 g/mol. The van der Waals surface area contributed by atoms with Crippen LogP contribution in [0.15, 0.2) is 24.3 Å². The van der Waals surface area contributed by atoms with Crippen LogP contribution in [0.25, 0.3) is 0 Å². The highest BCUT2D eigenvalue weighted by molar-refractivity contribution is 5.19. The molecule has 1 unspecified atom stereocenters. The number of halogens is 1. The van der Waals surface area contributed by atoms with Gasteiger partial charge < -0.3 is 14.8 Å². The first-order chi connectivity index (χ1) is 8.24. The average Bonchev–Trinajstić information content (AvgIpc) is 2.34. The Hall–Kier alpha value is -0.970. The minimum absolute atomic E-state index is 0.196. The predicted molar refractivity (Wildman–Crippen MR) is 65.5 cm³/mol. The van der Waals surface area contributed by atoms with Crippen molar-refractivity contribution in [1.29, 1.82) is 0 Å². The SMILES string of the molecule is COCCOCCNC(C)c1ccc(F)cc1. The van der Waals surface area contributed by atoms with Gasteiger partial charge in [-0.05, 0) is 24.6 Å². The van der Waals surface area contributed by atoms with Crippen molar-refractivity contribution in [3.63, 3.8) is 0 Å². The number of benzene rings is 1. The highest BCUT2D eigenvalue weighted by Gasteiger charge is 2.03. The maximum atomic E-state index is 12.7. The van der Waals surface area contributed by atoms with E-state index in [1.807, 2.05) is 6.92 Å². The summed E-state index contributed by atoms with van der Waals surface area (Å²) in [6, 6.07) is 6.73. The van der Waals surface area contributed by atoms with Gasteiger partial charge in [0.1, 0.15) is 5.82 Å². The first-order valence-corrected chi connectivity index (χ1v) is 5.79. The molecule has 0 bridgehead atoms. The predicted octanol–water partition coefficient (Wildman–Crippen LogP) is 2.14. The lowest BCUT2D eigenvalue weighted by Gasteiger charge is -2.14. The summed E-state index contributed by atoms with van der Waals surface area (Å²) in [5.41, 5.74) is 1.07. The van der Waals surface area contributed by atoms with E-state index < -0.39 is 0 Å². The quantitative estimate of drug-likeness (QED) is 0.707. The molecule has 1 rings (SSSR count). The molecule has 1 atom stereocenters. The molecule has 0 saturated heterocycles. The first kappa shape index (κ1) is 14.1. The first-order valence-electron chi connectivity index (χ1n) is 5.79. The lowest BCUT2D eigenvalue weighted by Crippen LogP contribution is -2.23. The summed E-state index contributed by atoms with van der Waals surface area (Å²) >= 11 is 0. The van der Waals surface area contributed by atoms with Crippen LogP contribution in [0.4, 0.5) is 4.39 Å². The van der Waals surface area contributed by atoms with Crippen LogP contribution in [-0.2, 0) is 9.47 Å². The van der Waals surface area contributed by atoms with Gasteiger partial charge in [-0.25, -0.2) is 4.39 Å². The van der Waals surface area contributed by atoms with Gasteiger partial charge in [0.2, 0.25) is 0 Å². The van der Waals surface area contributed by atoms with Crippen molar-refractivity contribution in [2.75, 3.05) is 33.5 Å². The fourth-order valence-corrected chi connectivity index (χ4v) is 1.46. The second-order valence-corrected chi connectivity index (χ2v) is 3.83. The second kappa shape index (κ2) is 8.17. The Morgan fingerprint density at radius 2 is 1.88 bits per heavy atom. The maximum absolute atomic E-state index is 12.7. The second-order valence-electron chi connectivity index (χ2n) is 3.83. The molecule has 0 spiro atoms. The van der Waals surface area contributed by atoms with Gasteiger partial charge in [-0.1, -0.05) is 12.1 Å². The Balaban J connectivity index is 2.16. The third-order valence-electron chi connectivity index (χ3n) is 2.50. The van der Waals surface area contributed by atoms with E-state index in [0.29, 0.717) is 19.8 Å². The van der Waals surface area contributed by atoms with Crippen LogP contribution >= 0.6 is 0 Å². The van der Waals surface area contributed by atoms with E-state index >= 15 is 0 Å². The topological polar surface area (TPSA) is 30.5 Å². The maximum Gasteiger partial charge on any atom is 0.123 e. The molecular weight excluding hydrogens is 221 g/mol. The molecule has 17 heavy (non-hydrogen) atoms. The Morgan fingerprint density at radius 3 is 2.53 bits per heavy atom. The van der Waals surface area contributed by atoms with Gasteiger partial charge in [-0.15, -0.1) is 0 Å². The van der Waals surface area contributed by atoms with Crippen LogP contribution in [-0.4, -0.2) is 33.5 Å². The van der Waals surface area contributed by atoms with Gasteiger partial charge in [0.25, 0.3) is 0 Å². The van der Waals surface area contributed by atoms with Crippen molar-refractivity contribution in [2.24, 2.45) is 0 Å². The summed E-state index contributed by atoms with van der Waals surface area (Å²) in [6.45, 7) is 4.69. The minimum atomic E-state index is -0.205. The Kier molecular flexibility index (Phi) is 6.77. The summed E-state index contributed by atoms with van der Waals surface area (Å²) < 4.78 is 22.9. The number of ether oxygens (including phenoxy) is 2. The summed E-state index contributed by atoms with van der Waals surface area (Å²) in [4.78, 5) is 0. The van der Waals surface area contributed by atoms with Crippen molar-refractivity contribution in [3.05, 3.63) is 35.6 Å².